The number of nitriles is 1. The second kappa shape index (κ2) is 7.99. The van der Waals surface area contributed by atoms with Crippen molar-refractivity contribution in [3.63, 3.8) is 0 Å². The molecule has 1 aromatic heterocycles. The highest BCUT2D eigenvalue weighted by Gasteiger charge is 2.07. The Labute approximate surface area is 151 Å². The molecule has 1 amide bonds. The zero-order valence-corrected chi connectivity index (χ0v) is 14.3. The number of fused-ring (bicyclic) bond motifs is 1. The molecule has 0 fully saturated rings. The standard InChI is InChI=1S/C20H18N4O2/c1-2-14-7-5-8-17-16(11-22-20(14)17)12-23-24-19(25)13-26-18-9-4-3-6-15(18)10-21/h3-9,11-12,22H,2,13H2,1H3,(H,24,25)/b23-12+. The van der Waals surface area contributed by atoms with Gasteiger partial charge in [0.1, 0.15) is 11.8 Å². The van der Waals surface area contributed by atoms with Crippen LogP contribution in [0.25, 0.3) is 10.9 Å². The van der Waals surface area contributed by atoms with Crippen molar-refractivity contribution in [2.45, 2.75) is 13.3 Å². The van der Waals surface area contributed by atoms with Crippen LogP contribution in [0.2, 0.25) is 0 Å². The van der Waals surface area contributed by atoms with E-state index in [0.717, 1.165) is 22.9 Å². The number of hydrogen-bond acceptors (Lipinski definition) is 4. The lowest BCUT2D eigenvalue weighted by Gasteiger charge is -2.06. The van der Waals surface area contributed by atoms with E-state index in [1.807, 2.05) is 24.4 Å². The SMILES string of the molecule is CCc1cccc2c(/C=N/NC(=O)COc3ccccc3C#N)c[nH]c12. The van der Waals surface area contributed by atoms with Crippen LogP contribution < -0.4 is 10.2 Å². The maximum atomic E-state index is 11.9. The summed E-state index contributed by atoms with van der Waals surface area (Å²) in [4.78, 5) is 15.1. The number of hydrogen-bond donors (Lipinski definition) is 2. The van der Waals surface area contributed by atoms with Crippen LogP contribution in [0.4, 0.5) is 0 Å². The minimum absolute atomic E-state index is 0.218. The number of hydrazone groups is 1. The first-order valence-corrected chi connectivity index (χ1v) is 8.25. The molecule has 0 saturated carbocycles. The van der Waals surface area contributed by atoms with Crippen molar-refractivity contribution >= 4 is 23.0 Å². The summed E-state index contributed by atoms with van der Waals surface area (Å²) in [6, 6.07) is 14.9. The fourth-order valence-corrected chi connectivity index (χ4v) is 2.67. The molecule has 3 aromatic rings. The Hall–Kier alpha value is -3.59. The van der Waals surface area contributed by atoms with Crippen molar-refractivity contribution in [1.29, 1.82) is 5.26 Å². The molecule has 26 heavy (non-hydrogen) atoms. The van der Waals surface area contributed by atoms with Crippen LogP contribution in [-0.2, 0) is 11.2 Å². The summed E-state index contributed by atoms with van der Waals surface area (Å²) in [6.07, 6.45) is 4.39. The minimum Gasteiger partial charge on any atom is -0.482 e. The highest BCUT2D eigenvalue weighted by Crippen LogP contribution is 2.21. The van der Waals surface area contributed by atoms with Crippen molar-refractivity contribution in [2.24, 2.45) is 5.10 Å². The maximum absolute atomic E-state index is 11.9. The highest BCUT2D eigenvalue weighted by atomic mass is 16.5. The van der Waals surface area contributed by atoms with E-state index in [-0.39, 0.29) is 6.61 Å². The lowest BCUT2D eigenvalue weighted by atomic mass is 10.1. The average Bonchev–Trinajstić information content (AvgIpc) is 3.10. The van der Waals surface area contributed by atoms with Gasteiger partial charge in [0, 0.05) is 22.7 Å². The molecule has 0 unspecified atom stereocenters. The molecule has 1 heterocycles. The fourth-order valence-electron chi connectivity index (χ4n) is 2.67. The molecular formula is C20H18N4O2. The van der Waals surface area contributed by atoms with E-state index in [2.05, 4.69) is 28.5 Å². The van der Waals surface area contributed by atoms with Gasteiger partial charge in [-0.05, 0) is 24.1 Å². The van der Waals surface area contributed by atoms with Gasteiger partial charge >= 0.3 is 0 Å². The molecule has 130 valence electrons. The Bertz CT molecular complexity index is 998. The zero-order valence-electron chi connectivity index (χ0n) is 14.3. The normalized spacial score (nSPS) is 10.8. The second-order valence-electron chi connectivity index (χ2n) is 5.63. The number of aromatic amines is 1. The molecule has 2 aromatic carbocycles. The number of ether oxygens (including phenoxy) is 1. The smallest absolute Gasteiger partial charge is 0.277 e. The average molecular weight is 346 g/mol. The van der Waals surface area contributed by atoms with Gasteiger partial charge in [-0.3, -0.25) is 4.79 Å². The Morgan fingerprint density at radius 1 is 1.31 bits per heavy atom. The van der Waals surface area contributed by atoms with Crippen LogP contribution in [0, 0.1) is 11.3 Å². The van der Waals surface area contributed by atoms with E-state index in [0.29, 0.717) is 11.3 Å². The minimum atomic E-state index is -0.400. The van der Waals surface area contributed by atoms with E-state index < -0.39 is 5.91 Å². The van der Waals surface area contributed by atoms with E-state index in [4.69, 9.17) is 10.00 Å². The molecule has 0 aliphatic rings. The van der Waals surface area contributed by atoms with Crippen molar-refractivity contribution in [3.05, 3.63) is 65.4 Å². The summed E-state index contributed by atoms with van der Waals surface area (Å²) in [6.45, 7) is 1.89. The Balaban J connectivity index is 1.60. The summed E-state index contributed by atoms with van der Waals surface area (Å²) >= 11 is 0. The molecule has 0 aliphatic carbocycles. The molecule has 0 atom stereocenters. The lowest BCUT2D eigenvalue weighted by Crippen LogP contribution is -2.24. The molecule has 0 radical (unpaired) electrons. The summed E-state index contributed by atoms with van der Waals surface area (Å²) < 4.78 is 5.36. The molecule has 6 nitrogen and oxygen atoms in total. The quantitative estimate of drug-likeness (QED) is 0.531. The molecule has 2 N–H and O–H groups in total. The van der Waals surface area contributed by atoms with Crippen LogP contribution in [0.1, 0.15) is 23.6 Å². The molecular weight excluding hydrogens is 328 g/mol. The topological polar surface area (TPSA) is 90.3 Å². The van der Waals surface area contributed by atoms with Gasteiger partial charge in [0.15, 0.2) is 6.61 Å². The number of carbonyl (C=O) groups is 1. The van der Waals surface area contributed by atoms with Gasteiger partial charge in [0.2, 0.25) is 0 Å². The number of rotatable bonds is 6. The molecule has 3 rings (SSSR count). The predicted molar refractivity (Wildman–Crippen MR) is 100 cm³/mol. The number of aryl methyl sites for hydroxylation is 1. The zero-order chi connectivity index (χ0) is 18.4. The van der Waals surface area contributed by atoms with Crippen LogP contribution in [0.15, 0.2) is 53.8 Å². The number of H-pyrrole nitrogens is 1. The first kappa shape index (κ1) is 17.2. The van der Waals surface area contributed by atoms with E-state index in [9.17, 15) is 4.79 Å². The van der Waals surface area contributed by atoms with Gasteiger partial charge in [-0.1, -0.05) is 37.3 Å². The number of aromatic nitrogens is 1. The molecule has 0 bridgehead atoms. The molecule has 0 saturated heterocycles. The van der Waals surface area contributed by atoms with Crippen LogP contribution in [0.5, 0.6) is 5.75 Å². The van der Waals surface area contributed by atoms with E-state index >= 15 is 0 Å². The van der Waals surface area contributed by atoms with E-state index in [1.165, 1.54) is 5.56 Å². The number of nitrogens with one attached hydrogen (secondary N) is 2. The van der Waals surface area contributed by atoms with Gasteiger partial charge in [0.05, 0.1) is 11.8 Å². The molecule has 6 heteroatoms. The number of benzene rings is 2. The number of amides is 1. The van der Waals surface area contributed by atoms with Crippen molar-refractivity contribution < 1.29 is 9.53 Å². The summed E-state index contributed by atoms with van der Waals surface area (Å²) in [5.41, 5.74) is 6.02. The summed E-state index contributed by atoms with van der Waals surface area (Å²) in [7, 11) is 0. The summed E-state index contributed by atoms with van der Waals surface area (Å²) in [5.74, 6) is -0.0269. The third-order valence-electron chi connectivity index (χ3n) is 3.97. The van der Waals surface area contributed by atoms with Crippen molar-refractivity contribution in [3.8, 4) is 11.8 Å². The Kier molecular flexibility index (Phi) is 5.30. The van der Waals surface area contributed by atoms with E-state index in [1.54, 1.807) is 30.5 Å². The number of carbonyl (C=O) groups excluding carboxylic acids is 1. The first-order chi connectivity index (χ1) is 12.7. The van der Waals surface area contributed by atoms with Crippen LogP contribution >= 0.6 is 0 Å². The van der Waals surface area contributed by atoms with Crippen LogP contribution in [-0.4, -0.2) is 23.7 Å². The highest BCUT2D eigenvalue weighted by molar-refractivity contribution is 6.00. The maximum Gasteiger partial charge on any atom is 0.277 e. The molecule has 0 spiro atoms. The Morgan fingerprint density at radius 2 is 2.15 bits per heavy atom. The van der Waals surface area contributed by atoms with Crippen LogP contribution in [0.3, 0.4) is 0 Å². The van der Waals surface area contributed by atoms with Gasteiger partial charge in [-0.2, -0.15) is 10.4 Å². The third-order valence-corrected chi connectivity index (χ3v) is 3.97. The lowest BCUT2D eigenvalue weighted by molar-refractivity contribution is -0.123. The number of nitrogens with zero attached hydrogens (tertiary/aromatic N) is 2. The summed E-state index contributed by atoms with van der Waals surface area (Å²) in [5, 5.41) is 14.0. The number of para-hydroxylation sites is 2. The third kappa shape index (κ3) is 3.73. The van der Waals surface area contributed by atoms with Crippen molar-refractivity contribution in [1.82, 2.24) is 10.4 Å². The first-order valence-electron chi connectivity index (χ1n) is 8.25. The van der Waals surface area contributed by atoms with Gasteiger partial charge in [-0.15, -0.1) is 0 Å². The van der Waals surface area contributed by atoms with Gasteiger partial charge < -0.3 is 9.72 Å². The second-order valence-corrected chi connectivity index (χ2v) is 5.63. The van der Waals surface area contributed by atoms with Gasteiger partial charge in [-0.25, -0.2) is 5.43 Å². The van der Waals surface area contributed by atoms with Crippen molar-refractivity contribution in [2.75, 3.05) is 6.61 Å². The fraction of sp³-hybridized carbons (Fsp3) is 0.150. The van der Waals surface area contributed by atoms with Gasteiger partial charge in [0.25, 0.3) is 5.91 Å². The largest absolute Gasteiger partial charge is 0.482 e. The Morgan fingerprint density at radius 3 is 2.96 bits per heavy atom. The monoisotopic (exact) mass is 346 g/mol. The predicted octanol–water partition coefficient (Wildman–Crippen LogP) is 3.13. The molecule has 0 aliphatic heterocycles.